The molecule has 11 heteroatoms. The van der Waals surface area contributed by atoms with Crippen LogP contribution in [0.2, 0.25) is 0 Å². The van der Waals surface area contributed by atoms with Gasteiger partial charge in [0.05, 0.1) is 25.5 Å². The SMILES string of the molecule is C[NH+]([O-])NNc1ccccc1SCCSc1ccccc1NN[NH+](C)[O-].[Cu+]. The molecule has 0 saturated heterocycles. The molecule has 6 N–H and O–H groups in total. The Balaban J connectivity index is 0.00000364. The van der Waals surface area contributed by atoms with E-state index in [2.05, 4.69) is 21.9 Å². The van der Waals surface area contributed by atoms with E-state index < -0.39 is 0 Å². The van der Waals surface area contributed by atoms with Crippen molar-refractivity contribution in [2.75, 3.05) is 36.5 Å². The largest absolute Gasteiger partial charge is 1.00 e. The minimum Gasteiger partial charge on any atom is -0.612 e. The third-order valence-corrected chi connectivity index (χ3v) is 5.53. The Morgan fingerprint density at radius 2 is 1.11 bits per heavy atom. The maximum Gasteiger partial charge on any atom is 1.00 e. The first kappa shape index (κ1) is 24.1. The fraction of sp³-hybridized carbons (Fsp3) is 0.250. The van der Waals surface area contributed by atoms with E-state index in [4.69, 9.17) is 0 Å². The number of hydrogen-bond donors (Lipinski definition) is 6. The van der Waals surface area contributed by atoms with Crippen LogP contribution in [0.1, 0.15) is 0 Å². The van der Waals surface area contributed by atoms with Crippen LogP contribution < -0.4 is 32.3 Å². The van der Waals surface area contributed by atoms with E-state index in [9.17, 15) is 10.4 Å². The molecule has 2 unspecified atom stereocenters. The second-order valence-electron chi connectivity index (χ2n) is 5.30. The zero-order valence-corrected chi connectivity index (χ0v) is 17.5. The molecule has 0 amide bonds. The molecular formula is C16H24CuN6O2S2+. The number of quaternary nitrogens is 2. The van der Waals surface area contributed by atoms with Crippen molar-refractivity contribution in [3.05, 3.63) is 58.9 Å². The second kappa shape index (κ2) is 13.2. The zero-order valence-electron chi connectivity index (χ0n) is 15.0. The Hall–Kier alpha value is -0.981. The summed E-state index contributed by atoms with van der Waals surface area (Å²) in [5.41, 5.74) is 12.8. The van der Waals surface area contributed by atoms with Crippen LogP contribution in [0.25, 0.3) is 0 Å². The number of benzene rings is 2. The molecule has 2 aromatic rings. The molecule has 0 heterocycles. The van der Waals surface area contributed by atoms with Crippen molar-refractivity contribution >= 4 is 34.9 Å². The maximum atomic E-state index is 11.1. The summed E-state index contributed by atoms with van der Waals surface area (Å²) in [4.78, 5) is 2.15. The molecule has 2 aromatic carbocycles. The molecule has 0 aliphatic carbocycles. The molecule has 0 aliphatic rings. The molecule has 152 valence electrons. The normalized spacial score (nSPS) is 12.7. The van der Waals surface area contributed by atoms with Crippen LogP contribution in [0.3, 0.4) is 0 Å². The molecule has 0 spiro atoms. The fourth-order valence-corrected chi connectivity index (χ4v) is 4.01. The number of para-hydroxylation sites is 2. The molecular weight excluding hydrogens is 436 g/mol. The number of thioether (sulfide) groups is 2. The molecule has 0 aliphatic heterocycles. The van der Waals surface area contributed by atoms with Gasteiger partial charge in [-0.15, -0.1) is 23.5 Å². The number of anilines is 2. The van der Waals surface area contributed by atoms with Crippen molar-refractivity contribution in [1.29, 1.82) is 0 Å². The van der Waals surface area contributed by atoms with Crippen molar-refractivity contribution in [1.82, 2.24) is 11.1 Å². The van der Waals surface area contributed by atoms with Gasteiger partial charge in [0.2, 0.25) is 0 Å². The summed E-state index contributed by atoms with van der Waals surface area (Å²) in [6.45, 7) is 0. The molecule has 0 bridgehead atoms. The van der Waals surface area contributed by atoms with Crippen LogP contribution >= 0.6 is 23.5 Å². The number of hydrogen-bond acceptors (Lipinski definition) is 8. The van der Waals surface area contributed by atoms with Crippen molar-refractivity contribution in [3.8, 4) is 0 Å². The minimum absolute atomic E-state index is 0. The number of rotatable bonds is 11. The molecule has 0 radical (unpaired) electrons. The van der Waals surface area contributed by atoms with Gasteiger partial charge in [-0.25, -0.2) is 0 Å². The zero-order chi connectivity index (χ0) is 18.8. The van der Waals surface area contributed by atoms with Gasteiger partial charge >= 0.3 is 17.1 Å². The second-order valence-corrected chi connectivity index (χ2v) is 7.58. The maximum absolute atomic E-state index is 11.1. The monoisotopic (exact) mass is 459 g/mol. The van der Waals surface area contributed by atoms with E-state index in [0.29, 0.717) is 0 Å². The van der Waals surface area contributed by atoms with E-state index in [1.54, 1.807) is 23.5 Å². The van der Waals surface area contributed by atoms with Gasteiger partial charge in [0.1, 0.15) is 0 Å². The average Bonchev–Trinajstić information content (AvgIpc) is 2.63. The van der Waals surface area contributed by atoms with Crippen LogP contribution in [0, 0.1) is 10.4 Å². The Morgan fingerprint density at radius 3 is 1.48 bits per heavy atom. The first-order valence-corrected chi connectivity index (χ1v) is 10.0. The molecule has 2 atom stereocenters. The quantitative estimate of drug-likeness (QED) is 0.123. The molecule has 0 saturated carbocycles. The van der Waals surface area contributed by atoms with Gasteiger partial charge in [-0.3, -0.25) is 21.2 Å². The van der Waals surface area contributed by atoms with Crippen LogP contribution in [0.5, 0.6) is 0 Å². The standard InChI is InChI=1S/C16H24N6O2S2.Cu/c1-21(23)19-17-13-7-3-5-9-15(13)25-11-12-26-16-10-6-4-8-14(16)18-20-22(2)24;/h3-10,17-22H,11-12H2,1-2H3;/q;+1. The van der Waals surface area contributed by atoms with Gasteiger partial charge in [-0.05, 0) is 24.3 Å². The fourth-order valence-electron chi connectivity index (χ4n) is 2.01. The van der Waals surface area contributed by atoms with Crippen LogP contribution in [-0.2, 0) is 17.1 Å². The van der Waals surface area contributed by atoms with Gasteiger partial charge in [0.25, 0.3) is 0 Å². The molecule has 8 nitrogen and oxygen atoms in total. The van der Waals surface area contributed by atoms with E-state index in [1.807, 2.05) is 48.5 Å². The van der Waals surface area contributed by atoms with E-state index in [-0.39, 0.29) is 27.4 Å². The van der Waals surface area contributed by atoms with Gasteiger partial charge < -0.3 is 10.4 Å². The summed E-state index contributed by atoms with van der Waals surface area (Å²) < 4.78 is 0. The van der Waals surface area contributed by atoms with Crippen molar-refractivity contribution in [2.45, 2.75) is 9.79 Å². The molecule has 2 rings (SSSR count). The Labute approximate surface area is 178 Å². The predicted octanol–water partition coefficient (Wildman–Crippen LogP) is 0.257. The first-order chi connectivity index (χ1) is 12.6. The minimum atomic E-state index is -0.136. The van der Waals surface area contributed by atoms with Crippen LogP contribution in [-0.4, -0.2) is 25.6 Å². The summed E-state index contributed by atoms with van der Waals surface area (Å²) in [5, 5.41) is 21.8. The van der Waals surface area contributed by atoms with Crippen molar-refractivity contribution in [3.63, 3.8) is 0 Å². The smallest absolute Gasteiger partial charge is 0.612 e. The summed E-state index contributed by atoms with van der Waals surface area (Å²) >= 11 is 3.43. The van der Waals surface area contributed by atoms with Crippen molar-refractivity contribution < 1.29 is 27.4 Å². The van der Waals surface area contributed by atoms with E-state index in [1.165, 1.54) is 14.1 Å². The Kier molecular flexibility index (Phi) is 11.8. The number of hydrazine groups is 2. The van der Waals surface area contributed by atoms with Gasteiger partial charge in [-0.1, -0.05) is 35.3 Å². The average molecular weight is 460 g/mol. The molecule has 0 fully saturated rings. The van der Waals surface area contributed by atoms with Crippen molar-refractivity contribution in [2.24, 2.45) is 0 Å². The summed E-state index contributed by atoms with van der Waals surface area (Å²) in [7, 11) is 2.93. The molecule has 0 aromatic heterocycles. The van der Waals surface area contributed by atoms with Gasteiger partial charge in [0, 0.05) is 21.3 Å². The van der Waals surface area contributed by atoms with Crippen LogP contribution in [0.15, 0.2) is 58.3 Å². The summed E-state index contributed by atoms with van der Waals surface area (Å²) in [6, 6.07) is 15.7. The first-order valence-electron chi connectivity index (χ1n) is 8.05. The molecule has 27 heavy (non-hydrogen) atoms. The van der Waals surface area contributed by atoms with Gasteiger partial charge in [0.15, 0.2) is 0 Å². The summed E-state index contributed by atoms with van der Waals surface area (Å²) in [6.07, 6.45) is 0. The third kappa shape index (κ3) is 9.17. The Bertz CT molecular complexity index is 623. The van der Waals surface area contributed by atoms with Gasteiger partial charge in [-0.2, -0.15) is 0 Å². The number of nitrogens with one attached hydrogen (secondary N) is 6. The third-order valence-electron chi connectivity index (χ3n) is 3.12. The predicted molar refractivity (Wildman–Crippen MR) is 108 cm³/mol. The number of hydroxylamine groups is 2. The topological polar surface area (TPSA) is 103 Å². The van der Waals surface area contributed by atoms with E-state index >= 15 is 0 Å². The summed E-state index contributed by atoms with van der Waals surface area (Å²) in [5.74, 6) is 1.80. The van der Waals surface area contributed by atoms with Crippen LogP contribution in [0.4, 0.5) is 11.4 Å². The van der Waals surface area contributed by atoms with E-state index in [0.717, 1.165) is 32.7 Å². The Morgan fingerprint density at radius 1 is 0.741 bits per heavy atom.